The van der Waals surface area contributed by atoms with Crippen molar-refractivity contribution in [2.24, 2.45) is 0 Å². The van der Waals surface area contributed by atoms with E-state index >= 15 is 0 Å². The van der Waals surface area contributed by atoms with E-state index in [1.54, 1.807) is 0 Å². The van der Waals surface area contributed by atoms with Gasteiger partial charge in [0.1, 0.15) is 0 Å². The van der Waals surface area contributed by atoms with Gasteiger partial charge in [-0.2, -0.15) is 0 Å². The van der Waals surface area contributed by atoms with Crippen molar-refractivity contribution in [2.45, 2.75) is 45.6 Å². The minimum atomic E-state index is -0.341. The normalized spacial score (nSPS) is 22.8. The number of hydrogen-bond donors (Lipinski definition) is 1. The van der Waals surface area contributed by atoms with Crippen molar-refractivity contribution in [3.8, 4) is 0 Å². The second kappa shape index (κ2) is 5.55. The fraction of sp³-hybridized carbons (Fsp3) is 1.00. The Morgan fingerprint density at radius 2 is 1.67 bits per heavy atom. The van der Waals surface area contributed by atoms with E-state index in [0.29, 0.717) is 0 Å². The minimum Gasteiger partial charge on any atom is -0.390 e. The Bertz CT molecular complexity index is 106. The summed E-state index contributed by atoms with van der Waals surface area (Å²) in [6.45, 7) is 8.15. The van der Waals surface area contributed by atoms with Gasteiger partial charge < -0.3 is 10.0 Å². The van der Waals surface area contributed by atoms with Crippen molar-refractivity contribution in [1.29, 1.82) is 0 Å². The summed E-state index contributed by atoms with van der Waals surface area (Å²) in [5, 5.41) is 9.77. The third-order valence-corrected chi connectivity index (χ3v) is 2.58. The fourth-order valence-corrected chi connectivity index (χ4v) is 1.39. The molecule has 1 rings (SSSR count). The second-order valence-electron chi connectivity index (χ2n) is 3.38. The summed E-state index contributed by atoms with van der Waals surface area (Å²) in [5.41, 5.74) is -0.341. The van der Waals surface area contributed by atoms with E-state index in [0.717, 1.165) is 32.4 Å². The molecule has 0 amide bonds. The third-order valence-electron chi connectivity index (χ3n) is 2.58. The molecule has 1 aliphatic heterocycles. The minimum absolute atomic E-state index is 0.341. The molecule has 2 heteroatoms. The molecule has 0 unspecified atom stereocenters. The van der Waals surface area contributed by atoms with Gasteiger partial charge in [0.25, 0.3) is 0 Å². The molecule has 1 heterocycles. The summed E-state index contributed by atoms with van der Waals surface area (Å²) in [6, 6.07) is 0. The van der Waals surface area contributed by atoms with Gasteiger partial charge in [0, 0.05) is 13.1 Å². The van der Waals surface area contributed by atoms with Crippen LogP contribution in [0.1, 0.15) is 40.0 Å². The van der Waals surface area contributed by atoms with Gasteiger partial charge in [-0.1, -0.05) is 20.8 Å². The first-order valence-electron chi connectivity index (χ1n) is 5.07. The lowest BCUT2D eigenvalue weighted by atomic mass is 9.89. The highest BCUT2D eigenvalue weighted by atomic mass is 16.3. The predicted octanol–water partition coefficient (Wildman–Crippen LogP) is 1.88. The molecule has 12 heavy (non-hydrogen) atoms. The largest absolute Gasteiger partial charge is 0.390 e. The second-order valence-corrected chi connectivity index (χ2v) is 3.38. The fourth-order valence-electron chi connectivity index (χ4n) is 1.39. The molecule has 1 aliphatic rings. The lowest BCUT2D eigenvalue weighted by molar-refractivity contribution is -0.0184. The van der Waals surface area contributed by atoms with Gasteiger partial charge in [-0.3, -0.25) is 0 Å². The standard InChI is InChI=1S/C8H17NO.C2H6/c1-3-8(10)4-6-9(2)7-5-8;1-2/h10H,3-7H2,1-2H3;1-2H3. The molecule has 0 bridgehead atoms. The summed E-state index contributed by atoms with van der Waals surface area (Å²) < 4.78 is 0. The van der Waals surface area contributed by atoms with Crippen molar-refractivity contribution < 1.29 is 5.11 Å². The quantitative estimate of drug-likeness (QED) is 0.654. The topological polar surface area (TPSA) is 23.5 Å². The third kappa shape index (κ3) is 3.55. The van der Waals surface area contributed by atoms with Crippen LogP contribution in [0.5, 0.6) is 0 Å². The summed E-state index contributed by atoms with van der Waals surface area (Å²) in [6.07, 6.45) is 2.79. The van der Waals surface area contributed by atoms with Crippen molar-refractivity contribution in [2.75, 3.05) is 20.1 Å². The lowest BCUT2D eigenvalue weighted by Gasteiger charge is -2.35. The number of nitrogens with zero attached hydrogens (tertiary/aromatic N) is 1. The van der Waals surface area contributed by atoms with Crippen LogP contribution in [-0.2, 0) is 0 Å². The molecule has 0 saturated carbocycles. The molecular weight excluding hydrogens is 150 g/mol. The molecule has 0 aromatic carbocycles. The van der Waals surface area contributed by atoms with Gasteiger partial charge in [-0.05, 0) is 26.3 Å². The maximum atomic E-state index is 9.77. The maximum Gasteiger partial charge on any atom is 0.0669 e. The van der Waals surface area contributed by atoms with E-state index < -0.39 is 0 Å². The number of aliphatic hydroxyl groups is 1. The van der Waals surface area contributed by atoms with Crippen molar-refractivity contribution in [3.05, 3.63) is 0 Å². The molecule has 0 radical (unpaired) electrons. The zero-order chi connectivity index (χ0) is 9.61. The Morgan fingerprint density at radius 1 is 1.25 bits per heavy atom. The highest BCUT2D eigenvalue weighted by molar-refractivity contribution is 4.83. The maximum absolute atomic E-state index is 9.77. The lowest BCUT2D eigenvalue weighted by Crippen LogP contribution is -2.42. The Kier molecular flexibility index (Phi) is 5.51. The highest BCUT2D eigenvalue weighted by Crippen LogP contribution is 2.23. The predicted molar refractivity (Wildman–Crippen MR) is 53.3 cm³/mol. The number of hydrogen-bond acceptors (Lipinski definition) is 2. The highest BCUT2D eigenvalue weighted by Gasteiger charge is 2.28. The van der Waals surface area contributed by atoms with E-state index in [9.17, 15) is 5.11 Å². The van der Waals surface area contributed by atoms with Gasteiger partial charge in [0.15, 0.2) is 0 Å². The first-order valence-corrected chi connectivity index (χ1v) is 5.07. The molecule has 2 nitrogen and oxygen atoms in total. The monoisotopic (exact) mass is 173 g/mol. The molecule has 0 atom stereocenters. The number of likely N-dealkylation sites (tertiary alicyclic amines) is 1. The zero-order valence-corrected chi connectivity index (χ0v) is 8.93. The van der Waals surface area contributed by atoms with Gasteiger partial charge in [0.2, 0.25) is 0 Å². The number of rotatable bonds is 1. The first-order chi connectivity index (χ1) is 5.66. The Balaban J connectivity index is 0.000000561. The van der Waals surface area contributed by atoms with Gasteiger partial charge >= 0.3 is 0 Å². The van der Waals surface area contributed by atoms with Gasteiger partial charge in [-0.15, -0.1) is 0 Å². The van der Waals surface area contributed by atoms with Crippen LogP contribution in [0.4, 0.5) is 0 Å². The SMILES string of the molecule is CC.CCC1(O)CCN(C)CC1. The molecule has 1 saturated heterocycles. The van der Waals surface area contributed by atoms with Crippen LogP contribution in [0.3, 0.4) is 0 Å². The molecule has 1 N–H and O–H groups in total. The molecular formula is C10H23NO. The summed E-state index contributed by atoms with van der Waals surface area (Å²) in [5.74, 6) is 0. The van der Waals surface area contributed by atoms with Gasteiger partial charge in [-0.25, -0.2) is 0 Å². The number of piperidine rings is 1. The van der Waals surface area contributed by atoms with Crippen LogP contribution < -0.4 is 0 Å². The van der Waals surface area contributed by atoms with Crippen LogP contribution >= 0.6 is 0 Å². The molecule has 74 valence electrons. The average Bonchev–Trinajstić information content (AvgIpc) is 2.14. The summed E-state index contributed by atoms with van der Waals surface area (Å²) in [4.78, 5) is 2.27. The molecule has 0 aliphatic carbocycles. The molecule has 0 aromatic heterocycles. The Labute approximate surface area is 76.6 Å². The van der Waals surface area contributed by atoms with Crippen molar-refractivity contribution in [3.63, 3.8) is 0 Å². The van der Waals surface area contributed by atoms with E-state index in [1.807, 2.05) is 13.8 Å². The van der Waals surface area contributed by atoms with Gasteiger partial charge in [0.05, 0.1) is 5.60 Å². The van der Waals surface area contributed by atoms with Crippen LogP contribution in [-0.4, -0.2) is 35.7 Å². The van der Waals surface area contributed by atoms with Crippen molar-refractivity contribution in [1.82, 2.24) is 4.90 Å². The van der Waals surface area contributed by atoms with E-state index in [-0.39, 0.29) is 5.60 Å². The van der Waals surface area contributed by atoms with Crippen LogP contribution in [0, 0.1) is 0 Å². The van der Waals surface area contributed by atoms with Crippen LogP contribution in [0.2, 0.25) is 0 Å². The van der Waals surface area contributed by atoms with Crippen molar-refractivity contribution >= 4 is 0 Å². The van der Waals surface area contributed by atoms with Crippen LogP contribution in [0.15, 0.2) is 0 Å². The first kappa shape index (κ1) is 11.9. The molecule has 0 aromatic rings. The smallest absolute Gasteiger partial charge is 0.0669 e. The summed E-state index contributed by atoms with van der Waals surface area (Å²) >= 11 is 0. The van der Waals surface area contributed by atoms with E-state index in [1.165, 1.54) is 0 Å². The average molecular weight is 173 g/mol. The van der Waals surface area contributed by atoms with Crippen LogP contribution in [0.25, 0.3) is 0 Å². The molecule has 0 spiro atoms. The summed E-state index contributed by atoms with van der Waals surface area (Å²) in [7, 11) is 2.11. The Hall–Kier alpha value is -0.0800. The molecule has 1 fully saturated rings. The Morgan fingerprint density at radius 3 is 2.00 bits per heavy atom. The van der Waals surface area contributed by atoms with E-state index in [2.05, 4.69) is 18.9 Å². The zero-order valence-electron chi connectivity index (χ0n) is 8.93. The van der Waals surface area contributed by atoms with E-state index in [4.69, 9.17) is 0 Å².